The summed E-state index contributed by atoms with van der Waals surface area (Å²) in [6.07, 6.45) is 2.09. The van der Waals surface area contributed by atoms with Gasteiger partial charge in [0, 0.05) is 12.0 Å². The lowest BCUT2D eigenvalue weighted by molar-refractivity contribution is 0.0528. The average Bonchev–Trinajstić information content (AvgIpc) is 2.67. The highest BCUT2D eigenvalue weighted by Crippen LogP contribution is 2.20. The van der Waals surface area contributed by atoms with Gasteiger partial charge in [-0.3, -0.25) is 9.63 Å². The van der Waals surface area contributed by atoms with E-state index in [0.29, 0.717) is 0 Å². The highest BCUT2D eigenvalue weighted by Gasteiger charge is 2.15. The summed E-state index contributed by atoms with van der Waals surface area (Å²) in [5, 5.41) is 3.67. The van der Waals surface area contributed by atoms with Gasteiger partial charge in [0.15, 0.2) is 5.69 Å². The molecule has 1 atom stereocenters. The van der Waals surface area contributed by atoms with Crippen molar-refractivity contribution in [2.45, 2.75) is 32.6 Å². The Morgan fingerprint density at radius 2 is 2.47 bits per heavy atom. The molecule has 0 aromatic carbocycles. The fourth-order valence-corrected chi connectivity index (χ4v) is 1.35. The Kier molecular flexibility index (Phi) is 4.30. The Labute approximate surface area is 88.7 Å². The second-order valence-corrected chi connectivity index (χ2v) is 3.44. The molecule has 0 bridgehead atoms. The van der Waals surface area contributed by atoms with Crippen molar-refractivity contribution in [3.05, 3.63) is 17.5 Å². The van der Waals surface area contributed by atoms with Crippen LogP contribution in [-0.2, 0) is 4.84 Å². The molecular weight excluding hydrogens is 196 g/mol. The standard InChI is InChI=1S/C10H16N2O3/c1-4-5-7(2)9-6-8(11-15-9)10(13)12-14-3/h6-7H,4-5H2,1-3H3,(H,12,13). The second-order valence-electron chi connectivity index (χ2n) is 3.44. The average molecular weight is 212 g/mol. The van der Waals surface area contributed by atoms with E-state index in [0.717, 1.165) is 18.6 Å². The van der Waals surface area contributed by atoms with Crippen LogP contribution >= 0.6 is 0 Å². The number of rotatable bonds is 5. The Bertz CT molecular complexity index is 322. The van der Waals surface area contributed by atoms with Gasteiger partial charge in [-0.05, 0) is 6.42 Å². The van der Waals surface area contributed by atoms with Gasteiger partial charge in [0.05, 0.1) is 7.11 Å². The fourth-order valence-electron chi connectivity index (χ4n) is 1.35. The third kappa shape index (κ3) is 3.06. The summed E-state index contributed by atoms with van der Waals surface area (Å²) in [7, 11) is 1.37. The van der Waals surface area contributed by atoms with Crippen LogP contribution in [0.3, 0.4) is 0 Å². The lowest BCUT2D eigenvalue weighted by Crippen LogP contribution is -2.21. The van der Waals surface area contributed by atoms with E-state index < -0.39 is 5.91 Å². The molecule has 1 aromatic rings. The first-order valence-electron chi connectivity index (χ1n) is 4.99. The van der Waals surface area contributed by atoms with Gasteiger partial charge in [-0.1, -0.05) is 25.4 Å². The predicted molar refractivity (Wildman–Crippen MR) is 54.3 cm³/mol. The van der Waals surface area contributed by atoms with Crippen LogP contribution in [0.25, 0.3) is 0 Å². The van der Waals surface area contributed by atoms with Crippen LogP contribution in [0.4, 0.5) is 0 Å². The van der Waals surface area contributed by atoms with Gasteiger partial charge in [0.2, 0.25) is 0 Å². The van der Waals surface area contributed by atoms with E-state index in [9.17, 15) is 4.79 Å². The van der Waals surface area contributed by atoms with Crippen LogP contribution < -0.4 is 5.48 Å². The number of amides is 1. The van der Waals surface area contributed by atoms with Crippen molar-refractivity contribution in [3.63, 3.8) is 0 Å². The van der Waals surface area contributed by atoms with Crippen LogP contribution in [0.2, 0.25) is 0 Å². The van der Waals surface area contributed by atoms with Gasteiger partial charge in [-0.15, -0.1) is 0 Å². The normalized spacial score (nSPS) is 12.5. The molecule has 1 rings (SSSR count). The van der Waals surface area contributed by atoms with Crippen molar-refractivity contribution in [3.8, 4) is 0 Å². The first-order valence-corrected chi connectivity index (χ1v) is 4.99. The van der Waals surface area contributed by atoms with Gasteiger partial charge >= 0.3 is 0 Å². The molecule has 1 amide bonds. The van der Waals surface area contributed by atoms with Crippen molar-refractivity contribution < 1.29 is 14.2 Å². The van der Waals surface area contributed by atoms with E-state index in [1.54, 1.807) is 6.07 Å². The molecule has 0 radical (unpaired) electrons. The van der Waals surface area contributed by atoms with E-state index in [-0.39, 0.29) is 11.6 Å². The molecule has 0 aliphatic carbocycles. The minimum atomic E-state index is -0.392. The van der Waals surface area contributed by atoms with Crippen molar-refractivity contribution >= 4 is 5.91 Å². The zero-order chi connectivity index (χ0) is 11.3. The zero-order valence-electron chi connectivity index (χ0n) is 9.24. The highest BCUT2D eigenvalue weighted by atomic mass is 16.6. The molecule has 1 heterocycles. The van der Waals surface area contributed by atoms with Gasteiger partial charge in [0.1, 0.15) is 5.76 Å². The van der Waals surface area contributed by atoms with Gasteiger partial charge in [0.25, 0.3) is 5.91 Å². The Hall–Kier alpha value is -1.36. The van der Waals surface area contributed by atoms with E-state index >= 15 is 0 Å². The molecule has 1 N–H and O–H groups in total. The summed E-state index contributed by atoms with van der Waals surface area (Å²) in [5.74, 6) is 0.626. The number of nitrogens with one attached hydrogen (secondary N) is 1. The highest BCUT2D eigenvalue weighted by molar-refractivity contribution is 5.91. The lowest BCUT2D eigenvalue weighted by atomic mass is 10.0. The molecule has 0 spiro atoms. The minimum absolute atomic E-state index is 0.245. The largest absolute Gasteiger partial charge is 0.360 e. The van der Waals surface area contributed by atoms with E-state index in [1.807, 2.05) is 6.92 Å². The first-order chi connectivity index (χ1) is 7.19. The SMILES string of the molecule is CCCC(C)c1cc(C(=O)NOC)no1. The number of carbonyl (C=O) groups excluding carboxylic acids is 1. The summed E-state index contributed by atoms with van der Waals surface area (Å²) in [4.78, 5) is 15.8. The Balaban J connectivity index is 2.67. The molecule has 0 saturated heterocycles. The summed E-state index contributed by atoms with van der Waals surface area (Å²) in [6, 6.07) is 1.65. The van der Waals surface area contributed by atoms with Crippen LogP contribution in [-0.4, -0.2) is 18.2 Å². The molecule has 0 fully saturated rings. The predicted octanol–water partition coefficient (Wildman–Crippen LogP) is 1.87. The number of carbonyl (C=O) groups is 1. The molecule has 0 aliphatic heterocycles. The third-order valence-corrected chi connectivity index (χ3v) is 2.16. The summed E-state index contributed by atoms with van der Waals surface area (Å²) in [5.41, 5.74) is 2.43. The maximum Gasteiger partial charge on any atom is 0.296 e. The molecule has 5 heteroatoms. The quantitative estimate of drug-likeness (QED) is 0.757. The number of aromatic nitrogens is 1. The number of hydrogen-bond acceptors (Lipinski definition) is 4. The van der Waals surface area contributed by atoms with Gasteiger partial charge < -0.3 is 4.52 Å². The Morgan fingerprint density at radius 1 is 1.73 bits per heavy atom. The molecule has 0 saturated carbocycles. The van der Waals surface area contributed by atoms with Crippen LogP contribution in [0.15, 0.2) is 10.6 Å². The van der Waals surface area contributed by atoms with E-state index in [1.165, 1.54) is 7.11 Å². The summed E-state index contributed by atoms with van der Waals surface area (Å²) < 4.78 is 5.08. The summed E-state index contributed by atoms with van der Waals surface area (Å²) >= 11 is 0. The first kappa shape index (κ1) is 11.7. The topological polar surface area (TPSA) is 64.4 Å². The molecule has 15 heavy (non-hydrogen) atoms. The minimum Gasteiger partial charge on any atom is -0.360 e. The summed E-state index contributed by atoms with van der Waals surface area (Å²) in [6.45, 7) is 4.15. The molecule has 84 valence electrons. The van der Waals surface area contributed by atoms with Crippen molar-refractivity contribution in [1.82, 2.24) is 10.6 Å². The molecular formula is C10H16N2O3. The maximum atomic E-state index is 11.3. The molecule has 0 aliphatic rings. The monoisotopic (exact) mass is 212 g/mol. The van der Waals surface area contributed by atoms with Crippen molar-refractivity contribution in [2.24, 2.45) is 0 Å². The van der Waals surface area contributed by atoms with E-state index in [4.69, 9.17) is 4.52 Å². The van der Waals surface area contributed by atoms with Crippen LogP contribution in [0.1, 0.15) is 48.9 Å². The maximum absolute atomic E-state index is 11.3. The smallest absolute Gasteiger partial charge is 0.296 e. The second kappa shape index (κ2) is 5.50. The molecule has 1 aromatic heterocycles. The molecule has 1 unspecified atom stereocenters. The zero-order valence-corrected chi connectivity index (χ0v) is 9.24. The van der Waals surface area contributed by atoms with Crippen LogP contribution in [0, 0.1) is 0 Å². The van der Waals surface area contributed by atoms with Gasteiger partial charge in [-0.25, -0.2) is 5.48 Å². The molecule has 5 nitrogen and oxygen atoms in total. The van der Waals surface area contributed by atoms with Crippen molar-refractivity contribution in [2.75, 3.05) is 7.11 Å². The third-order valence-electron chi connectivity index (χ3n) is 2.16. The number of nitrogens with zero attached hydrogens (tertiary/aromatic N) is 1. The fraction of sp³-hybridized carbons (Fsp3) is 0.600. The lowest BCUT2D eigenvalue weighted by Gasteiger charge is -2.02. The van der Waals surface area contributed by atoms with Crippen LogP contribution in [0.5, 0.6) is 0 Å². The van der Waals surface area contributed by atoms with Crippen molar-refractivity contribution in [1.29, 1.82) is 0 Å². The van der Waals surface area contributed by atoms with Gasteiger partial charge in [-0.2, -0.15) is 0 Å². The van der Waals surface area contributed by atoms with E-state index in [2.05, 4.69) is 22.4 Å². The number of hydrogen-bond donors (Lipinski definition) is 1. The Morgan fingerprint density at radius 3 is 3.07 bits per heavy atom. The number of hydroxylamine groups is 1.